The van der Waals surface area contributed by atoms with Crippen molar-refractivity contribution in [2.24, 2.45) is 0 Å². The summed E-state index contributed by atoms with van der Waals surface area (Å²) in [4.78, 5) is 36.1. The maximum Gasteiger partial charge on any atom is 0.338 e. The summed E-state index contributed by atoms with van der Waals surface area (Å²) in [5.74, 6) is -0.716. The lowest BCUT2D eigenvalue weighted by molar-refractivity contribution is -0.131. The number of ether oxygens (including phenoxy) is 3. The van der Waals surface area contributed by atoms with Crippen LogP contribution in [0, 0.1) is 13.8 Å². The molecule has 2 aromatic carbocycles. The predicted octanol–water partition coefficient (Wildman–Crippen LogP) is 4.38. The molecule has 0 atom stereocenters. The molecule has 0 saturated heterocycles. The van der Waals surface area contributed by atoms with Crippen LogP contribution in [0.3, 0.4) is 0 Å². The van der Waals surface area contributed by atoms with Gasteiger partial charge in [-0.3, -0.25) is 9.59 Å². The maximum atomic E-state index is 12.6. The Labute approximate surface area is 192 Å². The second-order valence-electron chi connectivity index (χ2n) is 7.62. The molecule has 172 valence electrons. The molecule has 0 unspecified atom stereocenters. The molecule has 0 aliphatic heterocycles. The molecule has 3 aromatic rings. The van der Waals surface area contributed by atoms with Crippen molar-refractivity contribution in [3.8, 4) is 16.9 Å². The molecule has 0 bridgehead atoms. The van der Waals surface area contributed by atoms with Gasteiger partial charge in [-0.05, 0) is 55.3 Å². The Bertz CT molecular complexity index is 1140. The van der Waals surface area contributed by atoms with E-state index in [1.54, 1.807) is 43.5 Å². The average Bonchev–Trinajstić information content (AvgIpc) is 3.09. The highest BCUT2D eigenvalue weighted by Gasteiger charge is 2.18. The minimum atomic E-state index is -0.562. The number of esters is 2. The van der Waals surface area contributed by atoms with E-state index in [1.807, 2.05) is 36.6 Å². The Balaban J connectivity index is 1.61. The number of hydrogen-bond donors (Lipinski definition) is 0. The average molecular weight is 450 g/mol. The number of carbonyl (C=O) groups is 3. The highest BCUT2D eigenvalue weighted by molar-refractivity contribution is 6.00. The molecule has 3 rings (SSSR count). The summed E-state index contributed by atoms with van der Waals surface area (Å²) in [6.45, 7) is 6.02. The summed E-state index contributed by atoms with van der Waals surface area (Å²) in [6.07, 6.45) is 0. The zero-order valence-corrected chi connectivity index (χ0v) is 19.2. The van der Waals surface area contributed by atoms with Gasteiger partial charge in [0.05, 0.1) is 12.2 Å². The normalized spacial score (nSPS) is 10.7. The van der Waals surface area contributed by atoms with Gasteiger partial charge in [-0.2, -0.15) is 0 Å². The first-order valence-corrected chi connectivity index (χ1v) is 10.5. The van der Waals surface area contributed by atoms with Crippen molar-refractivity contribution in [2.75, 3.05) is 20.3 Å². The Morgan fingerprint density at radius 3 is 2.09 bits per heavy atom. The highest BCUT2D eigenvalue weighted by atomic mass is 16.5. The van der Waals surface area contributed by atoms with Gasteiger partial charge in [0.25, 0.3) is 0 Å². The molecule has 1 aromatic heterocycles. The van der Waals surface area contributed by atoms with E-state index in [-0.39, 0.29) is 18.4 Å². The number of methoxy groups -OCH3 is 1. The lowest BCUT2D eigenvalue weighted by Crippen LogP contribution is -2.15. The third kappa shape index (κ3) is 5.96. The van der Waals surface area contributed by atoms with Crippen LogP contribution in [0.15, 0.2) is 54.6 Å². The summed E-state index contributed by atoms with van der Waals surface area (Å²) in [7, 11) is 1.63. The second kappa shape index (κ2) is 10.7. The summed E-state index contributed by atoms with van der Waals surface area (Å²) in [6, 6.07) is 15.8. The molecule has 0 amide bonds. The molecule has 0 aliphatic rings. The predicted molar refractivity (Wildman–Crippen MR) is 124 cm³/mol. The Hall–Kier alpha value is -3.71. The monoisotopic (exact) mass is 449 g/mol. The van der Waals surface area contributed by atoms with E-state index in [0.29, 0.717) is 30.0 Å². The smallest absolute Gasteiger partial charge is 0.338 e. The molecule has 0 saturated carbocycles. The van der Waals surface area contributed by atoms with Gasteiger partial charge in [0, 0.05) is 37.5 Å². The van der Waals surface area contributed by atoms with Crippen LogP contribution in [0.25, 0.3) is 11.1 Å². The Kier molecular flexibility index (Phi) is 7.79. The van der Waals surface area contributed by atoms with Gasteiger partial charge in [0.1, 0.15) is 5.75 Å². The molecule has 0 radical (unpaired) electrons. The van der Waals surface area contributed by atoms with Gasteiger partial charge in [0.2, 0.25) is 5.78 Å². The quantitative estimate of drug-likeness (QED) is 0.274. The van der Waals surface area contributed by atoms with Gasteiger partial charge in [-0.15, -0.1) is 0 Å². The van der Waals surface area contributed by atoms with E-state index < -0.39 is 5.97 Å². The molecular formula is C26H27NO6. The van der Waals surface area contributed by atoms with Crippen LogP contribution >= 0.6 is 0 Å². The summed E-state index contributed by atoms with van der Waals surface area (Å²) in [5.41, 5.74) is 4.48. The number of carbonyl (C=O) groups excluding carboxylic acids is 3. The second-order valence-corrected chi connectivity index (χ2v) is 7.62. The first-order valence-electron chi connectivity index (χ1n) is 10.5. The molecule has 1 heterocycles. The summed E-state index contributed by atoms with van der Waals surface area (Å²) < 4.78 is 17.4. The Morgan fingerprint density at radius 1 is 0.909 bits per heavy atom. The van der Waals surface area contributed by atoms with Gasteiger partial charge in [0.15, 0.2) is 6.61 Å². The van der Waals surface area contributed by atoms with Crippen molar-refractivity contribution < 1.29 is 28.6 Å². The van der Waals surface area contributed by atoms with Crippen LogP contribution in [0.4, 0.5) is 0 Å². The largest absolute Gasteiger partial charge is 0.454 e. The van der Waals surface area contributed by atoms with E-state index in [1.165, 1.54) is 6.92 Å². The van der Waals surface area contributed by atoms with Crippen LogP contribution < -0.4 is 4.74 Å². The lowest BCUT2D eigenvalue weighted by atomic mass is 10.0. The SMILES string of the molecule is COCCn1c(C)cc(C(=O)COC(=O)c2ccc(-c3ccc(OC(C)=O)cc3)cc2)c1C. The number of nitrogens with zero attached hydrogens (tertiary/aromatic N) is 1. The number of benzene rings is 2. The molecule has 0 aliphatic carbocycles. The van der Waals surface area contributed by atoms with Crippen LogP contribution in [-0.2, 0) is 20.8 Å². The fourth-order valence-electron chi connectivity index (χ4n) is 3.58. The molecule has 0 N–H and O–H groups in total. The van der Waals surface area contributed by atoms with Crippen molar-refractivity contribution in [3.05, 3.63) is 77.1 Å². The van der Waals surface area contributed by atoms with Crippen molar-refractivity contribution in [1.29, 1.82) is 0 Å². The first-order chi connectivity index (χ1) is 15.8. The summed E-state index contributed by atoms with van der Waals surface area (Å²) >= 11 is 0. The zero-order chi connectivity index (χ0) is 24.0. The van der Waals surface area contributed by atoms with Crippen molar-refractivity contribution in [3.63, 3.8) is 0 Å². The zero-order valence-electron chi connectivity index (χ0n) is 19.2. The molecular weight excluding hydrogens is 422 g/mol. The van der Waals surface area contributed by atoms with Crippen molar-refractivity contribution >= 4 is 17.7 Å². The van der Waals surface area contributed by atoms with E-state index >= 15 is 0 Å². The fourth-order valence-corrected chi connectivity index (χ4v) is 3.58. The number of ketones is 1. The van der Waals surface area contributed by atoms with Gasteiger partial charge < -0.3 is 18.8 Å². The topological polar surface area (TPSA) is 83.8 Å². The molecule has 0 spiro atoms. The summed E-state index contributed by atoms with van der Waals surface area (Å²) in [5, 5.41) is 0. The molecule has 7 nitrogen and oxygen atoms in total. The number of hydrogen-bond acceptors (Lipinski definition) is 6. The minimum absolute atomic E-state index is 0.246. The molecule has 0 fully saturated rings. The number of aryl methyl sites for hydroxylation is 1. The van der Waals surface area contributed by atoms with Crippen LogP contribution in [0.2, 0.25) is 0 Å². The Morgan fingerprint density at radius 2 is 1.52 bits per heavy atom. The van der Waals surface area contributed by atoms with Crippen molar-refractivity contribution in [2.45, 2.75) is 27.3 Å². The third-order valence-electron chi connectivity index (χ3n) is 5.30. The van der Waals surface area contributed by atoms with Gasteiger partial charge in [-0.1, -0.05) is 24.3 Å². The number of rotatable bonds is 9. The molecule has 7 heteroatoms. The van der Waals surface area contributed by atoms with Gasteiger partial charge in [-0.25, -0.2) is 4.79 Å². The van der Waals surface area contributed by atoms with E-state index in [2.05, 4.69) is 0 Å². The van der Waals surface area contributed by atoms with E-state index in [4.69, 9.17) is 14.2 Å². The van der Waals surface area contributed by atoms with Crippen LogP contribution in [0.5, 0.6) is 5.75 Å². The molecule has 33 heavy (non-hydrogen) atoms. The van der Waals surface area contributed by atoms with Crippen LogP contribution in [0.1, 0.15) is 39.0 Å². The maximum absolute atomic E-state index is 12.6. The first kappa shape index (κ1) is 23.9. The number of Topliss-reactive ketones (excluding diaryl/α,β-unsaturated/α-hetero) is 1. The third-order valence-corrected chi connectivity index (χ3v) is 5.30. The van der Waals surface area contributed by atoms with Crippen LogP contribution in [-0.4, -0.2) is 42.6 Å². The van der Waals surface area contributed by atoms with Crippen molar-refractivity contribution in [1.82, 2.24) is 4.57 Å². The standard InChI is InChI=1S/C26H27NO6/c1-17-15-24(18(2)27(17)13-14-31-4)25(29)16-32-26(30)22-7-5-20(6-8-22)21-9-11-23(12-10-21)33-19(3)28/h5-12,15H,13-14,16H2,1-4H3. The number of aromatic nitrogens is 1. The van der Waals surface area contributed by atoms with E-state index in [9.17, 15) is 14.4 Å². The highest BCUT2D eigenvalue weighted by Crippen LogP contribution is 2.23. The van der Waals surface area contributed by atoms with Gasteiger partial charge >= 0.3 is 11.9 Å². The van der Waals surface area contributed by atoms with E-state index in [0.717, 1.165) is 22.5 Å². The minimum Gasteiger partial charge on any atom is -0.454 e. The fraction of sp³-hybridized carbons (Fsp3) is 0.269. The lowest BCUT2D eigenvalue weighted by Gasteiger charge is -2.09.